The number of hydrogen-bond acceptors (Lipinski definition) is 4. The number of carbonyl (C=O) groups excluding carboxylic acids is 2. The van der Waals surface area contributed by atoms with Gasteiger partial charge in [0.2, 0.25) is 0 Å². The van der Waals surface area contributed by atoms with Crippen LogP contribution >= 0.6 is 11.3 Å². The van der Waals surface area contributed by atoms with Gasteiger partial charge in [-0.25, -0.2) is 4.79 Å². The highest BCUT2D eigenvalue weighted by atomic mass is 32.1. The van der Waals surface area contributed by atoms with E-state index in [1.807, 2.05) is 6.07 Å². The maximum absolute atomic E-state index is 12.2. The highest BCUT2D eigenvalue weighted by Crippen LogP contribution is 2.40. The number of nitrogens with one attached hydrogen (secondary N) is 1. The monoisotopic (exact) mass is 335 g/mol. The van der Waals surface area contributed by atoms with Crippen LogP contribution in [-0.2, 0) is 22.4 Å². The molecular formula is C18H25NO3S. The van der Waals surface area contributed by atoms with E-state index in [0.717, 1.165) is 25.7 Å². The fourth-order valence-corrected chi connectivity index (χ4v) is 4.16. The molecule has 1 saturated carbocycles. The van der Waals surface area contributed by atoms with Crippen molar-refractivity contribution in [1.29, 1.82) is 0 Å². The number of amides is 1. The van der Waals surface area contributed by atoms with Gasteiger partial charge >= 0.3 is 5.97 Å². The number of ether oxygens (including phenoxy) is 1. The molecule has 2 aliphatic rings. The molecule has 0 unspecified atom stereocenters. The fraction of sp³-hybridized carbons (Fsp3) is 0.667. The van der Waals surface area contributed by atoms with Gasteiger partial charge in [0.1, 0.15) is 4.88 Å². The molecule has 3 rings (SSSR count). The molecule has 1 fully saturated rings. The Morgan fingerprint density at radius 3 is 2.70 bits per heavy atom. The van der Waals surface area contributed by atoms with Gasteiger partial charge in [0.25, 0.3) is 5.91 Å². The predicted molar refractivity (Wildman–Crippen MR) is 90.7 cm³/mol. The van der Waals surface area contributed by atoms with E-state index in [9.17, 15) is 9.59 Å². The molecular weight excluding hydrogens is 310 g/mol. The van der Waals surface area contributed by atoms with Crippen LogP contribution in [0.1, 0.15) is 60.1 Å². The number of fused-ring (bicyclic) bond motifs is 1. The van der Waals surface area contributed by atoms with Crippen molar-refractivity contribution in [1.82, 2.24) is 5.32 Å². The number of thiophene rings is 1. The van der Waals surface area contributed by atoms with E-state index in [0.29, 0.717) is 22.3 Å². The Kier molecular flexibility index (Phi) is 4.50. The lowest BCUT2D eigenvalue weighted by Gasteiger charge is -2.33. The molecule has 1 atom stereocenters. The molecule has 0 aromatic carbocycles. The lowest BCUT2D eigenvalue weighted by molar-refractivity contribution is -0.124. The minimum absolute atomic E-state index is 0.178. The third kappa shape index (κ3) is 4.14. The van der Waals surface area contributed by atoms with Crippen LogP contribution in [-0.4, -0.2) is 24.5 Å². The summed E-state index contributed by atoms with van der Waals surface area (Å²) in [4.78, 5) is 25.7. The Balaban J connectivity index is 1.58. The van der Waals surface area contributed by atoms with E-state index >= 15 is 0 Å². The summed E-state index contributed by atoms with van der Waals surface area (Å²) in [6, 6.07) is 2.27. The van der Waals surface area contributed by atoms with Crippen LogP contribution in [0.15, 0.2) is 6.07 Å². The average Bonchev–Trinajstić information content (AvgIpc) is 3.18. The molecule has 0 aliphatic heterocycles. The number of hydrogen-bond donors (Lipinski definition) is 1. The zero-order valence-corrected chi connectivity index (χ0v) is 14.9. The van der Waals surface area contributed by atoms with E-state index in [1.54, 1.807) is 0 Å². The first-order chi connectivity index (χ1) is 10.8. The van der Waals surface area contributed by atoms with E-state index in [4.69, 9.17) is 4.74 Å². The first-order valence-electron chi connectivity index (χ1n) is 8.41. The van der Waals surface area contributed by atoms with Crippen molar-refractivity contribution in [3.63, 3.8) is 0 Å². The van der Waals surface area contributed by atoms with Gasteiger partial charge in [0.05, 0.1) is 0 Å². The van der Waals surface area contributed by atoms with Gasteiger partial charge in [-0.05, 0) is 55.1 Å². The standard InChI is InChI=1S/C18H25NO3S/c1-18(2,3)12-4-7-14-11(8-12)9-15(23-14)17(21)22-10-16(20)19-13-5-6-13/h9,12-13H,4-8,10H2,1-3H3,(H,19,20)/t12-/m0/s1. The van der Waals surface area contributed by atoms with Crippen LogP contribution in [0.25, 0.3) is 0 Å². The van der Waals surface area contributed by atoms with Gasteiger partial charge in [-0.3, -0.25) is 4.79 Å². The molecule has 1 amide bonds. The predicted octanol–water partition coefficient (Wildman–Crippen LogP) is 3.33. The second-order valence-electron chi connectivity index (χ2n) is 7.78. The van der Waals surface area contributed by atoms with Crippen LogP contribution in [0.4, 0.5) is 0 Å². The lowest BCUT2D eigenvalue weighted by atomic mass is 9.72. The van der Waals surface area contributed by atoms with E-state index < -0.39 is 0 Å². The highest BCUT2D eigenvalue weighted by molar-refractivity contribution is 7.14. The number of carbonyl (C=O) groups is 2. The summed E-state index contributed by atoms with van der Waals surface area (Å²) < 4.78 is 5.15. The van der Waals surface area contributed by atoms with Gasteiger partial charge in [0, 0.05) is 10.9 Å². The zero-order valence-electron chi connectivity index (χ0n) is 14.1. The van der Waals surface area contributed by atoms with Crippen molar-refractivity contribution < 1.29 is 14.3 Å². The smallest absolute Gasteiger partial charge is 0.348 e. The lowest BCUT2D eigenvalue weighted by Crippen LogP contribution is -2.30. The molecule has 0 radical (unpaired) electrons. The molecule has 1 aromatic rings. The largest absolute Gasteiger partial charge is 0.451 e. The van der Waals surface area contributed by atoms with Gasteiger partial charge in [-0.1, -0.05) is 20.8 Å². The summed E-state index contributed by atoms with van der Waals surface area (Å²) in [5, 5.41) is 2.82. The molecule has 23 heavy (non-hydrogen) atoms. The maximum Gasteiger partial charge on any atom is 0.348 e. The summed E-state index contributed by atoms with van der Waals surface area (Å²) in [5.74, 6) is 0.0791. The average molecular weight is 335 g/mol. The summed E-state index contributed by atoms with van der Waals surface area (Å²) in [6.45, 7) is 6.66. The van der Waals surface area contributed by atoms with Crippen molar-refractivity contribution >= 4 is 23.2 Å². The molecule has 126 valence electrons. The van der Waals surface area contributed by atoms with Crippen LogP contribution in [0, 0.1) is 11.3 Å². The van der Waals surface area contributed by atoms with Crippen LogP contribution < -0.4 is 5.32 Å². The number of aryl methyl sites for hydroxylation is 1. The molecule has 0 spiro atoms. The molecule has 1 N–H and O–H groups in total. The van der Waals surface area contributed by atoms with Gasteiger partial charge in [-0.2, -0.15) is 0 Å². The van der Waals surface area contributed by atoms with E-state index in [2.05, 4.69) is 26.1 Å². The number of esters is 1. The molecule has 2 aliphatic carbocycles. The second kappa shape index (κ2) is 6.27. The Labute approximate surface area is 141 Å². The van der Waals surface area contributed by atoms with Crippen molar-refractivity contribution in [2.75, 3.05) is 6.61 Å². The van der Waals surface area contributed by atoms with Crippen molar-refractivity contribution in [3.05, 3.63) is 21.4 Å². The Bertz CT molecular complexity index is 610. The quantitative estimate of drug-likeness (QED) is 0.859. The number of rotatable bonds is 4. The SMILES string of the molecule is CC(C)(C)[C@H]1CCc2sc(C(=O)OCC(=O)NC3CC3)cc2C1. The zero-order chi connectivity index (χ0) is 16.6. The summed E-state index contributed by atoms with van der Waals surface area (Å²) >= 11 is 1.53. The van der Waals surface area contributed by atoms with Gasteiger partial charge in [0.15, 0.2) is 6.61 Å². The first-order valence-corrected chi connectivity index (χ1v) is 9.22. The normalized spacial score (nSPS) is 20.7. The van der Waals surface area contributed by atoms with E-state index in [-0.39, 0.29) is 18.5 Å². The third-order valence-electron chi connectivity index (χ3n) is 4.79. The molecule has 1 heterocycles. The third-order valence-corrected chi connectivity index (χ3v) is 6.00. The Hall–Kier alpha value is -1.36. The van der Waals surface area contributed by atoms with Crippen LogP contribution in [0.5, 0.6) is 0 Å². The summed E-state index contributed by atoms with van der Waals surface area (Å²) in [5.41, 5.74) is 1.58. The van der Waals surface area contributed by atoms with Crippen molar-refractivity contribution in [2.24, 2.45) is 11.3 Å². The van der Waals surface area contributed by atoms with Crippen LogP contribution in [0.3, 0.4) is 0 Å². The Morgan fingerprint density at radius 2 is 2.04 bits per heavy atom. The summed E-state index contributed by atoms with van der Waals surface area (Å²) in [6.07, 6.45) is 5.32. The topological polar surface area (TPSA) is 55.4 Å². The highest BCUT2D eigenvalue weighted by Gasteiger charge is 2.31. The minimum Gasteiger partial charge on any atom is -0.451 e. The maximum atomic E-state index is 12.2. The van der Waals surface area contributed by atoms with Crippen molar-refractivity contribution in [3.8, 4) is 0 Å². The fourth-order valence-electron chi connectivity index (χ4n) is 3.06. The summed E-state index contributed by atoms with van der Waals surface area (Å²) in [7, 11) is 0. The molecule has 4 nitrogen and oxygen atoms in total. The van der Waals surface area contributed by atoms with Crippen molar-refractivity contribution in [2.45, 2.75) is 58.9 Å². The van der Waals surface area contributed by atoms with E-state index in [1.165, 1.54) is 28.2 Å². The van der Waals surface area contributed by atoms with Crippen LogP contribution in [0.2, 0.25) is 0 Å². The Morgan fingerprint density at radius 1 is 1.30 bits per heavy atom. The minimum atomic E-state index is -0.373. The molecule has 5 heteroatoms. The van der Waals surface area contributed by atoms with Gasteiger partial charge < -0.3 is 10.1 Å². The second-order valence-corrected chi connectivity index (χ2v) is 8.92. The van der Waals surface area contributed by atoms with Gasteiger partial charge in [-0.15, -0.1) is 11.3 Å². The molecule has 1 aromatic heterocycles. The molecule has 0 saturated heterocycles. The first kappa shape index (κ1) is 16.5. The molecule has 0 bridgehead atoms.